The molecule has 0 aliphatic heterocycles. The largest absolute Gasteiger partial charge is 0.493 e. The summed E-state index contributed by atoms with van der Waals surface area (Å²) in [5, 5.41) is 7.58. The third-order valence-electron chi connectivity index (χ3n) is 2.95. The van der Waals surface area contributed by atoms with Crippen molar-refractivity contribution in [3.63, 3.8) is 0 Å². The molecule has 7 heteroatoms. The van der Waals surface area contributed by atoms with Gasteiger partial charge in [-0.05, 0) is 26.8 Å². The molecule has 116 valence electrons. The van der Waals surface area contributed by atoms with Crippen molar-refractivity contribution in [2.24, 2.45) is 0 Å². The van der Waals surface area contributed by atoms with Gasteiger partial charge in [-0.3, -0.25) is 4.68 Å². The minimum Gasteiger partial charge on any atom is -0.493 e. The molecule has 0 aliphatic rings. The Kier molecular flexibility index (Phi) is 6.01. The summed E-state index contributed by atoms with van der Waals surface area (Å²) < 4.78 is 30.5. The van der Waals surface area contributed by atoms with Gasteiger partial charge in [-0.25, -0.2) is 8.42 Å². The van der Waals surface area contributed by atoms with E-state index in [0.29, 0.717) is 5.75 Å². The van der Waals surface area contributed by atoms with E-state index in [2.05, 4.69) is 10.4 Å². The summed E-state index contributed by atoms with van der Waals surface area (Å²) in [6.45, 7) is 6.80. The topological polar surface area (TPSA) is 73.2 Å². The summed E-state index contributed by atoms with van der Waals surface area (Å²) in [6, 6.07) is -0.177. The molecule has 1 aromatic heterocycles. The highest BCUT2D eigenvalue weighted by Crippen LogP contribution is 2.28. The van der Waals surface area contributed by atoms with Gasteiger partial charge in [-0.15, -0.1) is 0 Å². The fraction of sp³-hybridized carbons (Fsp3) is 0.769. The first-order chi connectivity index (χ1) is 9.30. The first kappa shape index (κ1) is 17.0. The van der Waals surface area contributed by atoms with E-state index in [1.807, 2.05) is 25.5 Å². The van der Waals surface area contributed by atoms with Crippen LogP contribution in [0.4, 0.5) is 0 Å². The molecule has 1 heterocycles. The van der Waals surface area contributed by atoms with Crippen molar-refractivity contribution in [2.45, 2.75) is 39.3 Å². The predicted octanol–water partition coefficient (Wildman–Crippen LogP) is 1.56. The number of nitrogens with zero attached hydrogens (tertiary/aromatic N) is 2. The zero-order chi connectivity index (χ0) is 15.3. The molecule has 1 rings (SSSR count). The highest BCUT2D eigenvalue weighted by molar-refractivity contribution is 7.90. The first-order valence-electron chi connectivity index (χ1n) is 6.82. The molecule has 0 spiro atoms. The molecule has 1 atom stereocenters. The van der Waals surface area contributed by atoms with Gasteiger partial charge < -0.3 is 10.1 Å². The van der Waals surface area contributed by atoms with E-state index < -0.39 is 9.84 Å². The fourth-order valence-corrected chi connectivity index (χ4v) is 2.99. The van der Waals surface area contributed by atoms with Crippen molar-refractivity contribution in [2.75, 3.05) is 25.7 Å². The Labute approximate surface area is 121 Å². The molecule has 0 saturated carbocycles. The second-order valence-electron chi connectivity index (χ2n) is 5.24. The molecule has 1 aromatic rings. The Morgan fingerprint density at radius 3 is 2.55 bits per heavy atom. The van der Waals surface area contributed by atoms with Crippen LogP contribution in [-0.2, 0) is 9.84 Å². The van der Waals surface area contributed by atoms with Crippen LogP contribution < -0.4 is 10.1 Å². The van der Waals surface area contributed by atoms with Crippen LogP contribution in [0.25, 0.3) is 0 Å². The van der Waals surface area contributed by atoms with E-state index in [4.69, 9.17) is 4.74 Å². The van der Waals surface area contributed by atoms with E-state index in [-0.39, 0.29) is 17.8 Å². The molecule has 1 N–H and O–H groups in total. The highest BCUT2D eigenvalue weighted by Gasteiger charge is 2.25. The average Bonchev–Trinajstić information content (AvgIpc) is 2.76. The maximum absolute atomic E-state index is 11.7. The summed E-state index contributed by atoms with van der Waals surface area (Å²) in [6.07, 6.45) is 3.81. The van der Waals surface area contributed by atoms with Crippen LogP contribution in [-0.4, -0.2) is 43.9 Å². The Hall–Kier alpha value is -1.08. The lowest BCUT2D eigenvalue weighted by Gasteiger charge is -2.22. The molecular weight excluding hydrogens is 278 g/mol. The van der Waals surface area contributed by atoms with Gasteiger partial charge in [-0.1, -0.05) is 6.92 Å². The molecule has 0 aromatic carbocycles. The molecule has 0 saturated heterocycles. The number of hydrogen-bond acceptors (Lipinski definition) is 5. The number of rotatable bonds is 8. The normalized spacial score (nSPS) is 13.7. The van der Waals surface area contributed by atoms with Gasteiger partial charge in [0.2, 0.25) is 0 Å². The number of ether oxygens (including phenoxy) is 1. The van der Waals surface area contributed by atoms with E-state index in [9.17, 15) is 8.42 Å². The van der Waals surface area contributed by atoms with E-state index in [1.165, 1.54) is 6.26 Å². The maximum Gasteiger partial charge on any atom is 0.161 e. The number of methoxy groups -OCH3 is 1. The minimum atomic E-state index is -3.11. The average molecular weight is 303 g/mol. The minimum absolute atomic E-state index is 0.0295. The number of sulfone groups is 1. The van der Waals surface area contributed by atoms with Crippen molar-refractivity contribution in [3.05, 3.63) is 11.9 Å². The maximum atomic E-state index is 11.7. The lowest BCUT2D eigenvalue weighted by molar-refractivity contribution is 0.389. The number of hydrogen-bond donors (Lipinski definition) is 1. The quantitative estimate of drug-likeness (QED) is 0.789. The van der Waals surface area contributed by atoms with Crippen LogP contribution >= 0.6 is 0 Å². The molecule has 20 heavy (non-hydrogen) atoms. The molecule has 0 bridgehead atoms. The van der Waals surface area contributed by atoms with Crippen LogP contribution in [0, 0.1) is 0 Å². The fourth-order valence-electron chi connectivity index (χ4n) is 2.11. The second kappa shape index (κ2) is 7.08. The van der Waals surface area contributed by atoms with E-state index in [0.717, 1.165) is 18.7 Å². The molecule has 6 nitrogen and oxygen atoms in total. The van der Waals surface area contributed by atoms with Gasteiger partial charge in [0.25, 0.3) is 0 Å². The van der Waals surface area contributed by atoms with Gasteiger partial charge in [0.05, 0.1) is 30.8 Å². The third kappa shape index (κ3) is 4.49. The van der Waals surface area contributed by atoms with Gasteiger partial charge in [-0.2, -0.15) is 5.10 Å². The first-order valence-corrected chi connectivity index (χ1v) is 8.88. The second-order valence-corrected chi connectivity index (χ2v) is 7.42. The zero-order valence-corrected chi connectivity index (χ0v) is 13.7. The number of nitrogens with one attached hydrogen (secondary N) is 1. The summed E-state index contributed by atoms with van der Waals surface area (Å²) in [4.78, 5) is 0. The Bertz CT molecular complexity index is 523. The lowest BCUT2D eigenvalue weighted by atomic mass is 10.2. The molecule has 0 fully saturated rings. The smallest absolute Gasteiger partial charge is 0.161 e. The standard InChI is InChI=1S/C13H25N3O3S/c1-6-7-14-11(9-20(5,17)18)13-12(19-4)8-15-16(13)10(2)3/h8,10-11,14H,6-7,9H2,1-5H3. The van der Waals surface area contributed by atoms with Crippen LogP contribution in [0.15, 0.2) is 6.20 Å². The van der Waals surface area contributed by atoms with Crippen molar-refractivity contribution in [1.82, 2.24) is 15.1 Å². The third-order valence-corrected chi connectivity index (χ3v) is 3.89. The Morgan fingerprint density at radius 1 is 1.45 bits per heavy atom. The SMILES string of the molecule is CCCNC(CS(C)(=O)=O)c1c(OC)cnn1C(C)C. The summed E-state index contributed by atoms with van der Waals surface area (Å²) >= 11 is 0. The summed E-state index contributed by atoms with van der Waals surface area (Å²) in [5.41, 5.74) is 0.793. The van der Waals surface area contributed by atoms with Crippen molar-refractivity contribution in [3.8, 4) is 5.75 Å². The van der Waals surface area contributed by atoms with Crippen LogP contribution in [0.2, 0.25) is 0 Å². The van der Waals surface area contributed by atoms with Crippen molar-refractivity contribution >= 4 is 9.84 Å². The van der Waals surface area contributed by atoms with Crippen molar-refractivity contribution < 1.29 is 13.2 Å². The molecule has 0 radical (unpaired) electrons. The monoisotopic (exact) mass is 303 g/mol. The van der Waals surface area contributed by atoms with Crippen LogP contribution in [0.3, 0.4) is 0 Å². The van der Waals surface area contributed by atoms with Crippen molar-refractivity contribution in [1.29, 1.82) is 0 Å². The molecule has 0 aliphatic carbocycles. The van der Waals surface area contributed by atoms with Gasteiger partial charge in [0.15, 0.2) is 5.75 Å². The van der Waals surface area contributed by atoms with E-state index >= 15 is 0 Å². The highest BCUT2D eigenvalue weighted by atomic mass is 32.2. The molecule has 1 unspecified atom stereocenters. The molecular formula is C13H25N3O3S. The zero-order valence-electron chi connectivity index (χ0n) is 12.9. The Morgan fingerprint density at radius 2 is 2.10 bits per heavy atom. The van der Waals surface area contributed by atoms with Gasteiger partial charge >= 0.3 is 0 Å². The molecule has 0 amide bonds. The predicted molar refractivity (Wildman–Crippen MR) is 79.9 cm³/mol. The number of aromatic nitrogens is 2. The van der Waals surface area contributed by atoms with E-state index in [1.54, 1.807) is 13.3 Å². The van der Waals surface area contributed by atoms with Gasteiger partial charge in [0.1, 0.15) is 9.84 Å². The summed E-state index contributed by atoms with van der Waals surface area (Å²) in [7, 11) is -1.53. The summed E-state index contributed by atoms with van der Waals surface area (Å²) in [5.74, 6) is 0.651. The van der Waals surface area contributed by atoms with Crippen LogP contribution in [0.5, 0.6) is 5.75 Å². The van der Waals surface area contributed by atoms with Gasteiger partial charge in [0, 0.05) is 12.3 Å². The Balaban J connectivity index is 3.20. The van der Waals surface area contributed by atoms with Crippen LogP contribution in [0.1, 0.15) is 45.0 Å². The lowest BCUT2D eigenvalue weighted by Crippen LogP contribution is -2.31.